The number of nitrogens with zero attached hydrogens (tertiary/aromatic N) is 1. The van der Waals surface area contributed by atoms with Crippen LogP contribution in [0.4, 0.5) is 0 Å². The van der Waals surface area contributed by atoms with E-state index >= 15 is 0 Å². The normalized spacial score (nSPS) is 11.9. The molecule has 0 aliphatic carbocycles. The Labute approximate surface area is 230 Å². The summed E-state index contributed by atoms with van der Waals surface area (Å²) in [6, 6.07) is 23.8. The number of hydrogen-bond donors (Lipinski definition) is 1. The maximum atomic E-state index is 13.7. The minimum atomic E-state index is -0.689. The molecule has 0 saturated carbocycles. The van der Waals surface area contributed by atoms with Crippen molar-refractivity contribution in [3.05, 3.63) is 95.0 Å². The average Bonchev–Trinajstić information content (AvgIpc) is 2.88. The third-order valence-electron chi connectivity index (χ3n) is 5.87. The van der Waals surface area contributed by atoms with Gasteiger partial charge in [-0.25, -0.2) is 0 Å². The zero-order valence-electron chi connectivity index (χ0n) is 22.6. The van der Waals surface area contributed by atoms with E-state index in [1.165, 1.54) is 0 Å². The zero-order valence-corrected chi connectivity index (χ0v) is 23.3. The third kappa shape index (κ3) is 9.42. The topological polar surface area (TPSA) is 67.9 Å². The van der Waals surface area contributed by atoms with Crippen LogP contribution in [0.2, 0.25) is 5.02 Å². The number of benzene rings is 3. The summed E-state index contributed by atoms with van der Waals surface area (Å²) in [7, 11) is 1.61. The molecule has 0 aromatic heterocycles. The maximum Gasteiger partial charge on any atom is 0.243 e. The van der Waals surface area contributed by atoms with Crippen LogP contribution in [0, 0.1) is 0 Å². The van der Waals surface area contributed by atoms with E-state index in [1.54, 1.807) is 18.1 Å². The summed E-state index contributed by atoms with van der Waals surface area (Å²) < 4.78 is 11.0. The van der Waals surface area contributed by atoms with Gasteiger partial charge in [-0.1, -0.05) is 54.1 Å². The molecule has 1 atom stereocenters. The van der Waals surface area contributed by atoms with E-state index in [-0.39, 0.29) is 24.8 Å². The highest BCUT2D eigenvalue weighted by Crippen LogP contribution is 2.20. The second-order valence-corrected chi connectivity index (χ2v) is 10.7. The first kappa shape index (κ1) is 29.1. The van der Waals surface area contributed by atoms with Gasteiger partial charge in [0, 0.05) is 29.9 Å². The predicted molar refractivity (Wildman–Crippen MR) is 152 cm³/mol. The van der Waals surface area contributed by atoms with Crippen LogP contribution < -0.4 is 14.8 Å². The lowest BCUT2D eigenvalue weighted by molar-refractivity contribution is -0.142. The van der Waals surface area contributed by atoms with Gasteiger partial charge in [0.1, 0.15) is 17.5 Å². The van der Waals surface area contributed by atoms with Crippen molar-refractivity contribution in [1.82, 2.24) is 10.2 Å². The summed E-state index contributed by atoms with van der Waals surface area (Å²) in [5.74, 6) is 1.15. The number of carbonyl (C=O) groups excluding carboxylic acids is 2. The van der Waals surface area contributed by atoms with Crippen molar-refractivity contribution in [2.75, 3.05) is 13.7 Å². The van der Waals surface area contributed by atoms with Crippen LogP contribution in [0.3, 0.4) is 0 Å². The molecule has 2 amide bonds. The van der Waals surface area contributed by atoms with E-state index in [4.69, 9.17) is 21.1 Å². The first-order valence-corrected chi connectivity index (χ1v) is 13.2. The molecule has 0 aliphatic rings. The van der Waals surface area contributed by atoms with Gasteiger partial charge in [0.2, 0.25) is 11.8 Å². The molecule has 3 aromatic rings. The van der Waals surface area contributed by atoms with Gasteiger partial charge in [-0.2, -0.15) is 0 Å². The first-order chi connectivity index (χ1) is 18.1. The molecule has 0 spiro atoms. The second kappa shape index (κ2) is 13.9. The van der Waals surface area contributed by atoms with Crippen LogP contribution in [0.25, 0.3) is 0 Å². The molecule has 0 unspecified atom stereocenters. The number of hydrogen-bond acceptors (Lipinski definition) is 4. The standard InChI is InChI=1S/C31H37ClN2O4/c1-31(2,3)33-30(36)28(21-23-10-6-5-7-11-23)34(22-24-12-8-13-25(32)20-24)29(35)14-9-19-38-27-17-15-26(37-4)16-18-27/h5-8,10-13,15-18,20,28H,9,14,19,21-22H2,1-4H3,(H,33,36)/t28-/m0/s1. The summed E-state index contributed by atoms with van der Waals surface area (Å²) in [6.45, 7) is 6.45. The molecule has 6 nitrogen and oxygen atoms in total. The molecule has 0 fully saturated rings. The fourth-order valence-corrected chi connectivity index (χ4v) is 4.28. The Balaban J connectivity index is 1.79. The number of rotatable bonds is 12. The number of nitrogens with one attached hydrogen (secondary N) is 1. The molecular formula is C31H37ClN2O4. The number of methoxy groups -OCH3 is 1. The second-order valence-electron chi connectivity index (χ2n) is 10.2. The Hall–Kier alpha value is -3.51. The van der Waals surface area contributed by atoms with E-state index < -0.39 is 11.6 Å². The molecule has 0 aliphatic heterocycles. The van der Waals surface area contributed by atoms with Crippen molar-refractivity contribution in [2.24, 2.45) is 0 Å². The molecule has 202 valence electrons. The smallest absolute Gasteiger partial charge is 0.243 e. The Morgan fingerprint density at radius 3 is 2.21 bits per heavy atom. The number of carbonyl (C=O) groups is 2. The maximum absolute atomic E-state index is 13.7. The highest BCUT2D eigenvalue weighted by molar-refractivity contribution is 6.30. The molecule has 0 bridgehead atoms. The average molecular weight is 537 g/mol. The number of ether oxygens (including phenoxy) is 2. The largest absolute Gasteiger partial charge is 0.497 e. The Kier molecular flexibility index (Phi) is 10.6. The van der Waals surface area contributed by atoms with Crippen molar-refractivity contribution in [3.63, 3.8) is 0 Å². The van der Waals surface area contributed by atoms with E-state index in [0.29, 0.717) is 30.2 Å². The van der Waals surface area contributed by atoms with Crippen LogP contribution in [0.15, 0.2) is 78.9 Å². The van der Waals surface area contributed by atoms with Gasteiger partial charge in [-0.15, -0.1) is 0 Å². The lowest BCUT2D eigenvalue weighted by atomic mass is 10.00. The van der Waals surface area contributed by atoms with E-state index in [1.807, 2.05) is 93.6 Å². The quantitative estimate of drug-likeness (QED) is 0.286. The molecule has 7 heteroatoms. The monoisotopic (exact) mass is 536 g/mol. The van der Waals surface area contributed by atoms with Gasteiger partial charge in [0.25, 0.3) is 0 Å². The van der Waals surface area contributed by atoms with Crippen molar-refractivity contribution < 1.29 is 19.1 Å². The zero-order chi connectivity index (χ0) is 27.5. The summed E-state index contributed by atoms with van der Waals surface area (Å²) in [5.41, 5.74) is 1.40. The number of halogens is 1. The third-order valence-corrected chi connectivity index (χ3v) is 6.11. The van der Waals surface area contributed by atoms with Gasteiger partial charge in [0.05, 0.1) is 13.7 Å². The molecular weight excluding hydrogens is 500 g/mol. The Bertz CT molecular complexity index is 1180. The fraction of sp³-hybridized carbons (Fsp3) is 0.355. The van der Waals surface area contributed by atoms with Gasteiger partial charge < -0.3 is 19.7 Å². The highest BCUT2D eigenvalue weighted by atomic mass is 35.5. The molecule has 0 heterocycles. The molecule has 0 radical (unpaired) electrons. The predicted octanol–water partition coefficient (Wildman–Crippen LogP) is 6.06. The van der Waals surface area contributed by atoms with Crippen LogP contribution in [-0.2, 0) is 22.6 Å². The molecule has 1 N–H and O–H groups in total. The molecule has 0 saturated heterocycles. The van der Waals surface area contributed by atoms with Crippen molar-refractivity contribution in [1.29, 1.82) is 0 Å². The van der Waals surface area contributed by atoms with E-state index in [0.717, 1.165) is 16.9 Å². The highest BCUT2D eigenvalue weighted by Gasteiger charge is 2.32. The van der Waals surface area contributed by atoms with Crippen LogP contribution >= 0.6 is 11.6 Å². The van der Waals surface area contributed by atoms with Gasteiger partial charge in [0.15, 0.2) is 0 Å². The molecule has 3 rings (SSSR count). The SMILES string of the molecule is COc1ccc(OCCCC(=O)N(Cc2cccc(Cl)c2)[C@@H](Cc2ccccc2)C(=O)NC(C)(C)C)cc1. The van der Waals surface area contributed by atoms with Crippen LogP contribution in [0.5, 0.6) is 11.5 Å². The van der Waals surface area contributed by atoms with E-state index in [2.05, 4.69) is 5.32 Å². The summed E-state index contributed by atoms with van der Waals surface area (Å²) in [5, 5.41) is 3.66. The lowest BCUT2D eigenvalue weighted by Gasteiger charge is -2.34. The lowest BCUT2D eigenvalue weighted by Crippen LogP contribution is -2.54. The van der Waals surface area contributed by atoms with Crippen molar-refractivity contribution in [2.45, 2.75) is 58.2 Å². The summed E-state index contributed by atoms with van der Waals surface area (Å²) in [6.07, 6.45) is 1.15. The summed E-state index contributed by atoms with van der Waals surface area (Å²) >= 11 is 6.24. The Morgan fingerprint density at radius 1 is 0.921 bits per heavy atom. The van der Waals surface area contributed by atoms with Crippen molar-refractivity contribution >= 4 is 23.4 Å². The number of amides is 2. The summed E-state index contributed by atoms with van der Waals surface area (Å²) in [4.78, 5) is 28.9. The van der Waals surface area contributed by atoms with Gasteiger partial charge in [-0.05, 0) is 74.7 Å². The minimum Gasteiger partial charge on any atom is -0.497 e. The van der Waals surface area contributed by atoms with Crippen molar-refractivity contribution in [3.8, 4) is 11.5 Å². The van der Waals surface area contributed by atoms with E-state index in [9.17, 15) is 9.59 Å². The Morgan fingerprint density at radius 2 is 1.58 bits per heavy atom. The van der Waals surface area contributed by atoms with Gasteiger partial charge >= 0.3 is 0 Å². The van der Waals surface area contributed by atoms with Crippen LogP contribution in [0.1, 0.15) is 44.7 Å². The van der Waals surface area contributed by atoms with Crippen LogP contribution in [-0.4, -0.2) is 42.0 Å². The minimum absolute atomic E-state index is 0.117. The fourth-order valence-electron chi connectivity index (χ4n) is 4.07. The first-order valence-electron chi connectivity index (χ1n) is 12.8. The molecule has 38 heavy (non-hydrogen) atoms. The molecule has 3 aromatic carbocycles. The van der Waals surface area contributed by atoms with Gasteiger partial charge in [-0.3, -0.25) is 9.59 Å².